The summed E-state index contributed by atoms with van der Waals surface area (Å²) in [5.74, 6) is 0.859. The van der Waals surface area contributed by atoms with Gasteiger partial charge in [0, 0.05) is 42.5 Å². The molecule has 2 aromatic heterocycles. The van der Waals surface area contributed by atoms with Crippen LogP contribution in [0.25, 0.3) is 5.69 Å². The molecule has 1 atom stereocenters. The Hall–Kier alpha value is -2.09. The van der Waals surface area contributed by atoms with E-state index in [0.717, 1.165) is 21.5 Å². The molecule has 0 aliphatic carbocycles. The van der Waals surface area contributed by atoms with Crippen LogP contribution in [-0.4, -0.2) is 57.0 Å². The van der Waals surface area contributed by atoms with Crippen molar-refractivity contribution in [3.05, 3.63) is 34.7 Å². The van der Waals surface area contributed by atoms with Gasteiger partial charge >= 0.3 is 6.09 Å². The number of hydrogen-bond acceptors (Lipinski definition) is 5. The third kappa shape index (κ3) is 4.61. The van der Waals surface area contributed by atoms with Crippen LogP contribution < -0.4 is 4.90 Å². The Labute approximate surface area is 168 Å². The molecule has 0 bridgehead atoms. The van der Waals surface area contributed by atoms with E-state index in [2.05, 4.69) is 37.8 Å². The second-order valence-electron chi connectivity index (χ2n) is 7.93. The molecule has 27 heavy (non-hydrogen) atoms. The Morgan fingerprint density at radius 2 is 2.04 bits per heavy atom. The summed E-state index contributed by atoms with van der Waals surface area (Å²) in [7, 11) is 0. The highest BCUT2D eigenvalue weighted by Gasteiger charge is 2.31. The van der Waals surface area contributed by atoms with Gasteiger partial charge in [0.1, 0.15) is 11.3 Å². The Bertz CT molecular complexity index is 830. The fourth-order valence-electron chi connectivity index (χ4n) is 3.12. The van der Waals surface area contributed by atoms with Crippen molar-refractivity contribution >= 4 is 27.8 Å². The molecule has 7 nitrogen and oxygen atoms in total. The summed E-state index contributed by atoms with van der Waals surface area (Å²) in [6, 6.07) is 2.12. The van der Waals surface area contributed by atoms with E-state index < -0.39 is 5.60 Å². The molecular weight excluding hydrogens is 410 g/mol. The Morgan fingerprint density at radius 3 is 2.63 bits per heavy atom. The van der Waals surface area contributed by atoms with Gasteiger partial charge in [-0.15, -0.1) is 0 Å². The van der Waals surface area contributed by atoms with Crippen molar-refractivity contribution in [3.8, 4) is 5.69 Å². The van der Waals surface area contributed by atoms with E-state index in [1.54, 1.807) is 11.1 Å². The predicted molar refractivity (Wildman–Crippen MR) is 108 cm³/mol. The van der Waals surface area contributed by atoms with Crippen molar-refractivity contribution in [2.24, 2.45) is 0 Å². The summed E-state index contributed by atoms with van der Waals surface area (Å²) in [5.41, 5.74) is 1.51. The first kappa shape index (κ1) is 19.7. The molecule has 8 heteroatoms. The average molecular weight is 436 g/mol. The number of aryl methyl sites for hydroxylation is 1. The molecule has 1 fully saturated rings. The van der Waals surface area contributed by atoms with Crippen molar-refractivity contribution in [1.29, 1.82) is 0 Å². The van der Waals surface area contributed by atoms with E-state index in [0.29, 0.717) is 19.6 Å². The molecule has 0 aromatic carbocycles. The lowest BCUT2D eigenvalue weighted by atomic mass is 10.1. The fourth-order valence-corrected chi connectivity index (χ4v) is 3.44. The average Bonchev–Trinajstić information content (AvgIpc) is 3.00. The SMILES string of the molecule is Cc1cnn(-c2cc(Br)cnc2N2CCN(C(=O)OC(C)(C)C)C[C@@H]2C)c1. The van der Waals surface area contributed by atoms with Gasteiger partial charge in [-0.3, -0.25) is 0 Å². The van der Waals surface area contributed by atoms with Crippen molar-refractivity contribution in [1.82, 2.24) is 19.7 Å². The molecule has 3 rings (SSSR count). The topological polar surface area (TPSA) is 63.5 Å². The first-order valence-electron chi connectivity index (χ1n) is 9.06. The van der Waals surface area contributed by atoms with Crippen LogP contribution in [0.4, 0.5) is 10.6 Å². The number of carbonyl (C=O) groups excluding carboxylic acids is 1. The number of halogens is 1. The van der Waals surface area contributed by atoms with E-state index in [4.69, 9.17) is 4.74 Å². The number of amides is 1. The van der Waals surface area contributed by atoms with Crippen LogP contribution in [-0.2, 0) is 4.74 Å². The molecule has 0 unspecified atom stereocenters. The van der Waals surface area contributed by atoms with Crippen LogP contribution in [0.3, 0.4) is 0 Å². The first-order valence-corrected chi connectivity index (χ1v) is 9.85. The summed E-state index contributed by atoms with van der Waals surface area (Å²) in [6.45, 7) is 11.6. The minimum absolute atomic E-state index is 0.107. The molecule has 0 N–H and O–H groups in total. The quantitative estimate of drug-likeness (QED) is 0.717. The maximum Gasteiger partial charge on any atom is 0.410 e. The normalized spacial score (nSPS) is 17.9. The van der Waals surface area contributed by atoms with Crippen molar-refractivity contribution in [3.63, 3.8) is 0 Å². The zero-order valence-electron chi connectivity index (χ0n) is 16.4. The van der Waals surface area contributed by atoms with E-state index in [9.17, 15) is 4.79 Å². The van der Waals surface area contributed by atoms with Gasteiger partial charge in [-0.05, 0) is 62.2 Å². The number of carbonyl (C=O) groups is 1. The molecule has 146 valence electrons. The van der Waals surface area contributed by atoms with Crippen LogP contribution in [0.2, 0.25) is 0 Å². The Kier molecular flexibility index (Phi) is 5.46. The van der Waals surface area contributed by atoms with Crippen molar-refractivity contribution < 1.29 is 9.53 Å². The monoisotopic (exact) mass is 435 g/mol. The van der Waals surface area contributed by atoms with E-state index in [1.807, 2.05) is 50.8 Å². The van der Waals surface area contributed by atoms with Gasteiger partial charge in [0.25, 0.3) is 0 Å². The summed E-state index contributed by atoms with van der Waals surface area (Å²) in [4.78, 5) is 21.0. The van der Waals surface area contributed by atoms with Crippen LogP contribution in [0.15, 0.2) is 29.1 Å². The third-order valence-corrected chi connectivity index (χ3v) is 4.76. The van der Waals surface area contributed by atoms with Crippen LogP contribution in [0.1, 0.15) is 33.3 Å². The lowest BCUT2D eigenvalue weighted by Crippen LogP contribution is -2.55. The van der Waals surface area contributed by atoms with Gasteiger partial charge in [0.15, 0.2) is 5.82 Å². The Balaban J connectivity index is 1.82. The van der Waals surface area contributed by atoms with E-state index in [1.165, 1.54) is 0 Å². The zero-order valence-corrected chi connectivity index (χ0v) is 18.0. The van der Waals surface area contributed by atoms with Gasteiger partial charge < -0.3 is 14.5 Å². The molecule has 0 spiro atoms. The highest BCUT2D eigenvalue weighted by molar-refractivity contribution is 9.10. The number of rotatable bonds is 2. The number of hydrogen-bond donors (Lipinski definition) is 0. The standard InChI is InChI=1S/C19H26BrN5O2/c1-13-9-22-25(11-13)16-8-15(20)10-21-17(16)24-7-6-23(12-14(24)2)18(26)27-19(3,4)5/h8-11,14H,6-7,12H2,1-5H3/t14-/m0/s1. The zero-order chi connectivity index (χ0) is 19.8. The first-order chi connectivity index (χ1) is 12.6. The van der Waals surface area contributed by atoms with Crippen molar-refractivity contribution in [2.75, 3.05) is 24.5 Å². The number of aromatic nitrogens is 3. The second-order valence-corrected chi connectivity index (χ2v) is 8.84. The highest BCUT2D eigenvalue weighted by Crippen LogP contribution is 2.28. The molecule has 0 saturated carbocycles. The lowest BCUT2D eigenvalue weighted by molar-refractivity contribution is 0.0218. The Morgan fingerprint density at radius 1 is 1.30 bits per heavy atom. The fraction of sp³-hybridized carbons (Fsp3) is 0.526. The minimum atomic E-state index is -0.490. The predicted octanol–water partition coefficient (Wildman–Crippen LogP) is 3.78. The van der Waals surface area contributed by atoms with E-state index in [-0.39, 0.29) is 12.1 Å². The molecule has 0 radical (unpaired) electrons. The van der Waals surface area contributed by atoms with Crippen molar-refractivity contribution in [2.45, 2.75) is 46.3 Å². The third-order valence-electron chi connectivity index (χ3n) is 4.32. The van der Waals surface area contributed by atoms with Gasteiger partial charge in [0.2, 0.25) is 0 Å². The number of anilines is 1. The van der Waals surface area contributed by atoms with Crippen LogP contribution in [0.5, 0.6) is 0 Å². The number of piperazine rings is 1. The van der Waals surface area contributed by atoms with Crippen LogP contribution in [0, 0.1) is 6.92 Å². The summed E-state index contributed by atoms with van der Waals surface area (Å²) in [5, 5.41) is 4.44. The minimum Gasteiger partial charge on any atom is -0.444 e. The molecule has 1 amide bonds. The summed E-state index contributed by atoms with van der Waals surface area (Å²) < 4.78 is 8.25. The van der Waals surface area contributed by atoms with Gasteiger partial charge in [0.05, 0.1) is 6.20 Å². The van der Waals surface area contributed by atoms with E-state index >= 15 is 0 Å². The van der Waals surface area contributed by atoms with Gasteiger partial charge in [-0.1, -0.05) is 0 Å². The largest absolute Gasteiger partial charge is 0.444 e. The molecular formula is C19H26BrN5O2. The molecule has 1 aliphatic rings. The number of ether oxygens (including phenoxy) is 1. The maximum atomic E-state index is 12.4. The van der Waals surface area contributed by atoms with Gasteiger partial charge in [-0.2, -0.15) is 5.10 Å². The number of nitrogens with zero attached hydrogens (tertiary/aromatic N) is 5. The molecule has 1 aliphatic heterocycles. The van der Waals surface area contributed by atoms with Gasteiger partial charge in [-0.25, -0.2) is 14.5 Å². The smallest absolute Gasteiger partial charge is 0.410 e. The van der Waals surface area contributed by atoms with Crippen LogP contribution >= 0.6 is 15.9 Å². The molecule has 2 aromatic rings. The maximum absolute atomic E-state index is 12.4. The molecule has 3 heterocycles. The highest BCUT2D eigenvalue weighted by atomic mass is 79.9. The molecule has 1 saturated heterocycles. The second kappa shape index (κ2) is 7.50. The number of pyridine rings is 1. The summed E-state index contributed by atoms with van der Waals surface area (Å²) in [6.07, 6.45) is 5.34. The summed E-state index contributed by atoms with van der Waals surface area (Å²) >= 11 is 3.50. The lowest BCUT2D eigenvalue weighted by Gasteiger charge is -2.41.